The van der Waals surface area contributed by atoms with Gasteiger partial charge in [-0.05, 0) is 37.1 Å². The molecular weight excluding hydrogens is 278 g/mol. The van der Waals surface area contributed by atoms with Crippen LogP contribution in [0.2, 0.25) is 0 Å². The van der Waals surface area contributed by atoms with E-state index in [1.807, 2.05) is 20.8 Å². The monoisotopic (exact) mass is 291 g/mol. The molecule has 0 amide bonds. The standard InChI is InChI=1S/C12H13N5S2/c1-4-8-9(6-13)11(16-15-10(8)5-2)19-12-17-14-7(3)18-12/h4-5H2,1-3H3. The Balaban J connectivity index is 2.43. The molecule has 0 aliphatic rings. The molecule has 0 spiro atoms. The second-order valence-electron chi connectivity index (χ2n) is 3.81. The van der Waals surface area contributed by atoms with E-state index in [1.165, 1.54) is 23.1 Å². The molecule has 0 aromatic carbocycles. The van der Waals surface area contributed by atoms with Crippen molar-refractivity contribution in [2.45, 2.75) is 43.0 Å². The van der Waals surface area contributed by atoms with Gasteiger partial charge in [-0.3, -0.25) is 0 Å². The van der Waals surface area contributed by atoms with Gasteiger partial charge in [-0.15, -0.1) is 15.3 Å². The number of nitrogens with zero attached hydrogens (tertiary/aromatic N) is 5. The second kappa shape index (κ2) is 6.08. The van der Waals surface area contributed by atoms with E-state index < -0.39 is 0 Å². The van der Waals surface area contributed by atoms with Crippen LogP contribution in [0.3, 0.4) is 0 Å². The van der Waals surface area contributed by atoms with Crippen LogP contribution in [0.1, 0.15) is 35.7 Å². The second-order valence-corrected chi connectivity index (χ2v) is 6.23. The van der Waals surface area contributed by atoms with Crippen molar-refractivity contribution >= 4 is 23.1 Å². The van der Waals surface area contributed by atoms with Crippen LogP contribution in [0.5, 0.6) is 0 Å². The van der Waals surface area contributed by atoms with E-state index in [0.29, 0.717) is 10.6 Å². The van der Waals surface area contributed by atoms with Crippen LogP contribution in [-0.4, -0.2) is 20.4 Å². The highest BCUT2D eigenvalue weighted by Crippen LogP contribution is 2.32. The smallest absolute Gasteiger partial charge is 0.180 e. The normalized spacial score (nSPS) is 10.4. The summed E-state index contributed by atoms with van der Waals surface area (Å²) in [5, 5.41) is 27.3. The topological polar surface area (TPSA) is 75.3 Å². The Morgan fingerprint density at radius 2 is 1.95 bits per heavy atom. The fraction of sp³-hybridized carbons (Fsp3) is 0.417. The molecule has 0 saturated heterocycles. The first kappa shape index (κ1) is 13.9. The van der Waals surface area contributed by atoms with Crippen molar-refractivity contribution in [2.75, 3.05) is 0 Å². The van der Waals surface area contributed by atoms with Crippen molar-refractivity contribution in [1.29, 1.82) is 5.26 Å². The summed E-state index contributed by atoms with van der Waals surface area (Å²) in [6, 6.07) is 2.25. The van der Waals surface area contributed by atoms with Gasteiger partial charge in [0.15, 0.2) is 4.34 Å². The Kier molecular flexibility index (Phi) is 4.45. The summed E-state index contributed by atoms with van der Waals surface area (Å²) in [6.07, 6.45) is 1.57. The van der Waals surface area contributed by atoms with E-state index >= 15 is 0 Å². The third kappa shape index (κ3) is 2.91. The van der Waals surface area contributed by atoms with E-state index in [4.69, 9.17) is 0 Å². The van der Waals surface area contributed by atoms with Crippen molar-refractivity contribution in [3.8, 4) is 6.07 Å². The van der Waals surface area contributed by atoms with Gasteiger partial charge in [-0.1, -0.05) is 25.2 Å². The Labute approximate surface area is 120 Å². The maximum atomic E-state index is 9.37. The number of aryl methyl sites for hydroxylation is 2. The van der Waals surface area contributed by atoms with Crippen molar-refractivity contribution in [1.82, 2.24) is 20.4 Å². The quantitative estimate of drug-likeness (QED) is 0.862. The molecule has 0 unspecified atom stereocenters. The van der Waals surface area contributed by atoms with Crippen LogP contribution in [0.15, 0.2) is 9.37 Å². The fourth-order valence-corrected chi connectivity index (χ4v) is 3.52. The van der Waals surface area contributed by atoms with E-state index in [-0.39, 0.29) is 0 Å². The molecule has 0 aliphatic carbocycles. The lowest BCUT2D eigenvalue weighted by atomic mass is 10.1. The summed E-state index contributed by atoms with van der Waals surface area (Å²) in [7, 11) is 0. The molecule has 2 rings (SSSR count). The largest absolute Gasteiger partial charge is 0.192 e. The highest BCUT2D eigenvalue weighted by Gasteiger charge is 2.16. The molecule has 19 heavy (non-hydrogen) atoms. The van der Waals surface area contributed by atoms with E-state index in [2.05, 4.69) is 26.5 Å². The molecule has 0 atom stereocenters. The molecule has 0 radical (unpaired) electrons. The average Bonchev–Trinajstić information content (AvgIpc) is 2.83. The van der Waals surface area contributed by atoms with Gasteiger partial charge in [-0.25, -0.2) is 0 Å². The minimum atomic E-state index is 0.618. The van der Waals surface area contributed by atoms with Gasteiger partial charge in [0.05, 0.1) is 11.3 Å². The van der Waals surface area contributed by atoms with Gasteiger partial charge in [-0.2, -0.15) is 10.4 Å². The number of nitriles is 1. The van der Waals surface area contributed by atoms with Crippen LogP contribution >= 0.6 is 23.1 Å². The average molecular weight is 291 g/mol. The predicted octanol–water partition coefficient (Wildman–Crippen LogP) is 2.78. The maximum Gasteiger partial charge on any atom is 0.180 e. The van der Waals surface area contributed by atoms with Gasteiger partial charge in [0.25, 0.3) is 0 Å². The highest BCUT2D eigenvalue weighted by atomic mass is 32.2. The zero-order valence-corrected chi connectivity index (χ0v) is 12.6. The number of aromatic nitrogens is 4. The molecule has 2 heterocycles. The zero-order chi connectivity index (χ0) is 13.8. The van der Waals surface area contributed by atoms with Crippen molar-refractivity contribution in [3.05, 3.63) is 21.8 Å². The van der Waals surface area contributed by atoms with E-state index in [9.17, 15) is 5.26 Å². The molecule has 7 heteroatoms. The summed E-state index contributed by atoms with van der Waals surface area (Å²) in [6.45, 7) is 5.95. The van der Waals surface area contributed by atoms with Crippen LogP contribution in [0, 0.1) is 18.3 Å². The van der Waals surface area contributed by atoms with Crippen LogP contribution in [0.4, 0.5) is 0 Å². The third-order valence-corrected chi connectivity index (χ3v) is 4.49. The molecule has 0 saturated carbocycles. The molecule has 5 nitrogen and oxygen atoms in total. The summed E-state index contributed by atoms with van der Waals surface area (Å²) >= 11 is 2.85. The SMILES string of the molecule is CCc1nnc(Sc2nnc(C)s2)c(C#N)c1CC. The summed E-state index contributed by atoms with van der Waals surface area (Å²) in [5.74, 6) is 0. The lowest BCUT2D eigenvalue weighted by Gasteiger charge is -2.08. The first-order chi connectivity index (χ1) is 9.19. The zero-order valence-electron chi connectivity index (χ0n) is 11.0. The molecule has 2 aromatic rings. The van der Waals surface area contributed by atoms with Gasteiger partial charge in [0.2, 0.25) is 0 Å². The van der Waals surface area contributed by atoms with Gasteiger partial charge in [0, 0.05) is 0 Å². The Morgan fingerprint density at radius 3 is 2.47 bits per heavy atom. The van der Waals surface area contributed by atoms with Gasteiger partial charge >= 0.3 is 0 Å². The maximum absolute atomic E-state index is 9.37. The van der Waals surface area contributed by atoms with Gasteiger partial charge in [0.1, 0.15) is 16.1 Å². The lowest BCUT2D eigenvalue weighted by molar-refractivity contribution is 0.817. The molecule has 0 N–H and O–H groups in total. The Hall–Kier alpha value is -1.52. The molecule has 0 bridgehead atoms. The molecule has 0 fully saturated rings. The van der Waals surface area contributed by atoms with Gasteiger partial charge < -0.3 is 0 Å². The summed E-state index contributed by atoms with van der Waals surface area (Å²) in [5.41, 5.74) is 2.51. The minimum absolute atomic E-state index is 0.618. The Bertz CT molecular complexity index is 630. The van der Waals surface area contributed by atoms with Crippen LogP contribution < -0.4 is 0 Å². The molecule has 98 valence electrons. The van der Waals surface area contributed by atoms with Crippen molar-refractivity contribution < 1.29 is 0 Å². The Morgan fingerprint density at radius 1 is 1.16 bits per heavy atom. The van der Waals surface area contributed by atoms with Crippen molar-refractivity contribution in [2.24, 2.45) is 0 Å². The predicted molar refractivity (Wildman–Crippen MR) is 74.3 cm³/mol. The first-order valence-corrected chi connectivity index (χ1v) is 7.59. The first-order valence-electron chi connectivity index (χ1n) is 5.96. The van der Waals surface area contributed by atoms with E-state index in [1.54, 1.807) is 0 Å². The lowest BCUT2D eigenvalue weighted by Crippen LogP contribution is -2.04. The number of rotatable bonds is 4. The molecule has 0 aliphatic heterocycles. The summed E-state index contributed by atoms with van der Waals surface area (Å²) in [4.78, 5) is 0. The third-order valence-electron chi connectivity index (χ3n) is 2.62. The summed E-state index contributed by atoms with van der Waals surface area (Å²) < 4.78 is 0.787. The molecule has 2 aromatic heterocycles. The molecular formula is C12H13N5S2. The highest BCUT2D eigenvalue weighted by molar-refractivity contribution is 8.01. The van der Waals surface area contributed by atoms with Crippen LogP contribution in [-0.2, 0) is 12.8 Å². The number of hydrogen-bond donors (Lipinski definition) is 0. The van der Waals surface area contributed by atoms with Crippen molar-refractivity contribution in [3.63, 3.8) is 0 Å². The fourth-order valence-electron chi connectivity index (χ4n) is 1.74. The number of hydrogen-bond acceptors (Lipinski definition) is 7. The van der Waals surface area contributed by atoms with E-state index in [0.717, 1.165) is 33.4 Å². The van der Waals surface area contributed by atoms with Crippen LogP contribution in [0.25, 0.3) is 0 Å². The minimum Gasteiger partial charge on any atom is -0.192 e.